The summed E-state index contributed by atoms with van der Waals surface area (Å²) < 4.78 is 0. The summed E-state index contributed by atoms with van der Waals surface area (Å²) in [7, 11) is 0. The third-order valence-corrected chi connectivity index (χ3v) is 3.87. The molecule has 0 amide bonds. The van der Waals surface area contributed by atoms with E-state index in [2.05, 4.69) is 53.0 Å². The molecule has 0 aliphatic heterocycles. The van der Waals surface area contributed by atoms with E-state index in [-0.39, 0.29) is 0 Å². The summed E-state index contributed by atoms with van der Waals surface area (Å²) in [4.78, 5) is 3.11. The van der Waals surface area contributed by atoms with Crippen LogP contribution in [0.25, 0.3) is 0 Å². The average molecular weight is 261 g/mol. The summed E-state index contributed by atoms with van der Waals surface area (Å²) in [5, 5.41) is 0. The summed E-state index contributed by atoms with van der Waals surface area (Å²) in [6, 6.07) is 2.16. The van der Waals surface area contributed by atoms with E-state index >= 15 is 0 Å². The SMILES string of the molecule is C1=CC=CC=1C(CCCCc1cc[nH]c1)C1=C=CC=C1. The molecule has 1 heteroatoms. The highest BCUT2D eigenvalue weighted by Crippen LogP contribution is 2.30. The maximum atomic E-state index is 3.35. The fourth-order valence-electron chi connectivity index (χ4n) is 2.79. The minimum absolute atomic E-state index is 0.450. The van der Waals surface area contributed by atoms with Gasteiger partial charge in [0.2, 0.25) is 0 Å². The second-order valence-corrected chi connectivity index (χ2v) is 5.27. The molecule has 0 aromatic carbocycles. The van der Waals surface area contributed by atoms with Gasteiger partial charge in [0.15, 0.2) is 0 Å². The Balaban J connectivity index is 1.57. The van der Waals surface area contributed by atoms with Crippen LogP contribution < -0.4 is 0 Å². The van der Waals surface area contributed by atoms with E-state index in [9.17, 15) is 0 Å². The summed E-state index contributed by atoms with van der Waals surface area (Å²) in [6.45, 7) is 0. The number of aryl methyl sites for hydroxylation is 1. The Hall–Kier alpha value is -2.20. The molecule has 0 saturated heterocycles. The molecular weight excluding hydrogens is 242 g/mol. The van der Waals surface area contributed by atoms with Crippen molar-refractivity contribution < 1.29 is 0 Å². The number of aromatic nitrogens is 1. The molecule has 0 bridgehead atoms. The predicted molar refractivity (Wildman–Crippen MR) is 83.3 cm³/mol. The largest absolute Gasteiger partial charge is 0.367 e. The van der Waals surface area contributed by atoms with Crippen LogP contribution in [-0.2, 0) is 6.42 Å². The fourth-order valence-corrected chi connectivity index (χ4v) is 2.79. The quantitative estimate of drug-likeness (QED) is 0.543. The summed E-state index contributed by atoms with van der Waals surface area (Å²) in [5.41, 5.74) is 10.7. The molecule has 0 fully saturated rings. The van der Waals surface area contributed by atoms with Crippen molar-refractivity contribution in [1.29, 1.82) is 0 Å². The molecule has 20 heavy (non-hydrogen) atoms. The van der Waals surface area contributed by atoms with E-state index in [0.717, 1.165) is 6.42 Å². The van der Waals surface area contributed by atoms with Gasteiger partial charge in [0.25, 0.3) is 0 Å². The Morgan fingerprint density at radius 2 is 1.75 bits per heavy atom. The van der Waals surface area contributed by atoms with Crippen LogP contribution in [0.3, 0.4) is 0 Å². The minimum Gasteiger partial charge on any atom is -0.367 e. The van der Waals surface area contributed by atoms with Crippen molar-refractivity contribution in [2.75, 3.05) is 0 Å². The van der Waals surface area contributed by atoms with E-state index in [0.29, 0.717) is 5.92 Å². The number of aromatic amines is 1. The van der Waals surface area contributed by atoms with E-state index in [1.54, 1.807) is 0 Å². The van der Waals surface area contributed by atoms with E-state index in [4.69, 9.17) is 0 Å². The van der Waals surface area contributed by atoms with Crippen LogP contribution >= 0.6 is 0 Å². The lowest BCUT2D eigenvalue weighted by Crippen LogP contribution is -2.04. The number of unbranched alkanes of at least 4 members (excludes halogenated alkanes) is 1. The molecule has 1 N–H and O–H groups in total. The van der Waals surface area contributed by atoms with E-state index in [1.807, 2.05) is 18.3 Å². The smallest absolute Gasteiger partial charge is 0.0236 e. The normalized spacial score (nSPS) is 15.4. The molecule has 100 valence electrons. The zero-order valence-electron chi connectivity index (χ0n) is 11.6. The van der Waals surface area contributed by atoms with Crippen molar-refractivity contribution in [3.63, 3.8) is 0 Å². The third kappa shape index (κ3) is 3.03. The Bertz CT molecular complexity index is 602. The van der Waals surface area contributed by atoms with Gasteiger partial charge in [-0.1, -0.05) is 30.7 Å². The lowest BCUT2D eigenvalue weighted by Gasteiger charge is -2.15. The highest BCUT2D eigenvalue weighted by Gasteiger charge is 2.17. The molecule has 1 aromatic rings. The standard InChI is InChI=1S/C19H19N/c1(7-16-13-14-20-15-16)6-12-19(17-8-2-3-9-17)18-10-4-5-11-18/h2-5,8,10,13-15,19-20H,1,6-7,12H2. The monoisotopic (exact) mass is 261 g/mol. The number of rotatable bonds is 7. The molecule has 0 saturated carbocycles. The van der Waals surface area contributed by atoms with Gasteiger partial charge in [-0.2, -0.15) is 0 Å². The number of allylic oxidation sites excluding steroid dienone is 6. The lowest BCUT2D eigenvalue weighted by molar-refractivity contribution is 0.594. The van der Waals surface area contributed by atoms with Gasteiger partial charge in [-0.25, -0.2) is 0 Å². The van der Waals surface area contributed by atoms with Crippen LogP contribution in [-0.4, -0.2) is 4.98 Å². The van der Waals surface area contributed by atoms with Crippen LogP contribution in [0.4, 0.5) is 0 Å². The van der Waals surface area contributed by atoms with E-state index < -0.39 is 0 Å². The van der Waals surface area contributed by atoms with Crippen molar-refractivity contribution in [2.24, 2.45) is 5.92 Å². The summed E-state index contributed by atoms with van der Waals surface area (Å²) in [5.74, 6) is 0.450. The molecule has 0 spiro atoms. The molecule has 3 rings (SSSR count). The second-order valence-electron chi connectivity index (χ2n) is 5.27. The number of hydrogen-bond acceptors (Lipinski definition) is 0. The highest BCUT2D eigenvalue weighted by molar-refractivity contribution is 5.42. The van der Waals surface area contributed by atoms with Crippen LogP contribution in [0.15, 0.2) is 77.5 Å². The van der Waals surface area contributed by atoms with Crippen molar-refractivity contribution >= 4 is 0 Å². The molecule has 2 aliphatic rings. The molecule has 0 atom stereocenters. The molecule has 1 aromatic heterocycles. The summed E-state index contributed by atoms with van der Waals surface area (Å²) in [6.07, 6.45) is 21.4. The van der Waals surface area contributed by atoms with Gasteiger partial charge in [0.1, 0.15) is 0 Å². The van der Waals surface area contributed by atoms with Crippen LogP contribution in [0.5, 0.6) is 0 Å². The Morgan fingerprint density at radius 3 is 2.30 bits per heavy atom. The molecule has 1 nitrogen and oxygen atoms in total. The molecule has 0 radical (unpaired) electrons. The first-order chi connectivity index (χ1) is 9.93. The van der Waals surface area contributed by atoms with Crippen LogP contribution in [0, 0.1) is 5.92 Å². The number of H-pyrrole nitrogens is 1. The molecular formula is C19H19N. The van der Waals surface area contributed by atoms with Crippen molar-refractivity contribution in [3.8, 4) is 0 Å². The Kier molecular flexibility index (Phi) is 4.04. The second kappa shape index (κ2) is 6.30. The zero-order valence-corrected chi connectivity index (χ0v) is 11.6. The van der Waals surface area contributed by atoms with Gasteiger partial charge in [-0.15, -0.1) is 11.5 Å². The van der Waals surface area contributed by atoms with Gasteiger partial charge in [-0.3, -0.25) is 0 Å². The first-order valence-corrected chi connectivity index (χ1v) is 7.32. The van der Waals surface area contributed by atoms with Gasteiger partial charge < -0.3 is 4.98 Å². The first-order valence-electron chi connectivity index (χ1n) is 7.32. The van der Waals surface area contributed by atoms with Gasteiger partial charge >= 0.3 is 0 Å². The number of hydrogen-bond donors (Lipinski definition) is 1. The number of nitrogens with one attached hydrogen (secondary N) is 1. The summed E-state index contributed by atoms with van der Waals surface area (Å²) >= 11 is 0. The Morgan fingerprint density at radius 1 is 1.00 bits per heavy atom. The van der Waals surface area contributed by atoms with Crippen LogP contribution in [0.1, 0.15) is 24.8 Å². The average Bonchev–Trinajstić information content (AvgIpc) is 3.22. The Labute approximate surface area is 120 Å². The fraction of sp³-hybridized carbons (Fsp3) is 0.263. The van der Waals surface area contributed by atoms with E-state index in [1.165, 1.54) is 36.0 Å². The highest BCUT2D eigenvalue weighted by atomic mass is 14.6. The van der Waals surface area contributed by atoms with Gasteiger partial charge in [-0.05, 0) is 43.0 Å². The van der Waals surface area contributed by atoms with Gasteiger partial charge in [0, 0.05) is 29.5 Å². The lowest BCUT2D eigenvalue weighted by atomic mass is 9.87. The zero-order chi connectivity index (χ0) is 13.6. The third-order valence-electron chi connectivity index (χ3n) is 3.87. The predicted octanol–water partition coefficient (Wildman–Crippen LogP) is 4.65. The molecule has 1 heterocycles. The topological polar surface area (TPSA) is 15.8 Å². The molecule has 0 unspecified atom stereocenters. The minimum atomic E-state index is 0.450. The van der Waals surface area contributed by atoms with Gasteiger partial charge in [0.05, 0.1) is 0 Å². The maximum absolute atomic E-state index is 3.35. The first kappa shape index (κ1) is 12.8. The van der Waals surface area contributed by atoms with Crippen molar-refractivity contribution in [3.05, 3.63) is 83.1 Å². The maximum Gasteiger partial charge on any atom is 0.0236 e. The van der Waals surface area contributed by atoms with Crippen molar-refractivity contribution in [1.82, 2.24) is 4.98 Å². The molecule has 2 aliphatic carbocycles. The van der Waals surface area contributed by atoms with Crippen LogP contribution in [0.2, 0.25) is 0 Å². The van der Waals surface area contributed by atoms with Crippen molar-refractivity contribution in [2.45, 2.75) is 25.7 Å².